The van der Waals surface area contributed by atoms with Crippen molar-refractivity contribution in [1.29, 1.82) is 0 Å². The topological polar surface area (TPSA) is 50.8 Å². The van der Waals surface area contributed by atoms with Crippen molar-refractivity contribution in [2.24, 2.45) is 5.92 Å². The SMILES string of the molecule is O=C(NC1CCCC1)[C@@H]1C[C@@H]2CCN(C3CCOCC3)C[C@@H]2O1. The van der Waals surface area contributed by atoms with Crippen LogP contribution in [-0.2, 0) is 14.3 Å². The van der Waals surface area contributed by atoms with Crippen molar-refractivity contribution in [3.63, 3.8) is 0 Å². The van der Waals surface area contributed by atoms with E-state index in [0.717, 1.165) is 58.4 Å². The van der Waals surface area contributed by atoms with Crippen LogP contribution < -0.4 is 5.32 Å². The normalized spacial score (nSPS) is 37.0. The molecule has 0 aromatic rings. The summed E-state index contributed by atoms with van der Waals surface area (Å²) in [6, 6.07) is 1.05. The highest BCUT2D eigenvalue weighted by Crippen LogP contribution is 2.35. The van der Waals surface area contributed by atoms with Crippen molar-refractivity contribution >= 4 is 5.91 Å². The lowest BCUT2D eigenvalue weighted by atomic mass is 9.90. The molecule has 3 saturated heterocycles. The smallest absolute Gasteiger partial charge is 0.249 e. The Kier molecular flexibility index (Phi) is 4.88. The molecule has 1 amide bonds. The van der Waals surface area contributed by atoms with E-state index in [9.17, 15) is 4.79 Å². The maximum Gasteiger partial charge on any atom is 0.249 e. The van der Waals surface area contributed by atoms with Gasteiger partial charge in [0.25, 0.3) is 0 Å². The van der Waals surface area contributed by atoms with Crippen LogP contribution in [0.25, 0.3) is 0 Å². The molecule has 3 aliphatic heterocycles. The molecule has 4 rings (SSSR count). The lowest BCUT2D eigenvalue weighted by Crippen LogP contribution is -2.49. The molecule has 0 aromatic heterocycles. The molecule has 0 unspecified atom stereocenters. The van der Waals surface area contributed by atoms with Gasteiger partial charge >= 0.3 is 0 Å². The molecule has 4 fully saturated rings. The Morgan fingerprint density at radius 1 is 1.04 bits per heavy atom. The maximum absolute atomic E-state index is 12.5. The van der Waals surface area contributed by atoms with Gasteiger partial charge in [-0.1, -0.05) is 12.8 Å². The summed E-state index contributed by atoms with van der Waals surface area (Å²) in [6.45, 7) is 3.94. The van der Waals surface area contributed by atoms with Gasteiger partial charge in [0.1, 0.15) is 6.10 Å². The minimum atomic E-state index is -0.208. The summed E-state index contributed by atoms with van der Waals surface area (Å²) in [4.78, 5) is 15.0. The van der Waals surface area contributed by atoms with Crippen molar-refractivity contribution < 1.29 is 14.3 Å². The minimum Gasteiger partial charge on any atom is -0.381 e. The summed E-state index contributed by atoms with van der Waals surface area (Å²) in [6.07, 6.45) is 9.22. The van der Waals surface area contributed by atoms with Crippen LogP contribution in [0.4, 0.5) is 0 Å². The third-order valence-corrected chi connectivity index (χ3v) is 6.28. The molecule has 0 spiro atoms. The summed E-state index contributed by atoms with van der Waals surface area (Å²) in [5.74, 6) is 0.717. The van der Waals surface area contributed by atoms with Gasteiger partial charge in [-0.25, -0.2) is 0 Å². The fourth-order valence-corrected chi connectivity index (χ4v) is 4.87. The summed E-state index contributed by atoms with van der Waals surface area (Å²) < 4.78 is 11.7. The number of nitrogens with zero attached hydrogens (tertiary/aromatic N) is 1. The van der Waals surface area contributed by atoms with Gasteiger partial charge in [0.15, 0.2) is 0 Å². The second-order valence-electron chi connectivity index (χ2n) is 7.78. The zero-order valence-corrected chi connectivity index (χ0v) is 14.0. The quantitative estimate of drug-likeness (QED) is 0.859. The van der Waals surface area contributed by atoms with Crippen molar-refractivity contribution in [1.82, 2.24) is 10.2 Å². The van der Waals surface area contributed by atoms with Gasteiger partial charge in [-0.15, -0.1) is 0 Å². The number of hydrogen-bond acceptors (Lipinski definition) is 4. The molecule has 23 heavy (non-hydrogen) atoms. The average Bonchev–Trinajstić information content (AvgIpc) is 3.24. The van der Waals surface area contributed by atoms with Crippen molar-refractivity contribution in [2.45, 2.75) is 75.7 Å². The van der Waals surface area contributed by atoms with E-state index in [1.54, 1.807) is 0 Å². The van der Waals surface area contributed by atoms with Crippen LogP contribution in [0.15, 0.2) is 0 Å². The lowest BCUT2D eigenvalue weighted by molar-refractivity contribution is -0.134. The maximum atomic E-state index is 12.5. The van der Waals surface area contributed by atoms with Crippen LogP contribution in [0.3, 0.4) is 0 Å². The Bertz CT molecular complexity index is 418. The first-order chi connectivity index (χ1) is 11.3. The first-order valence-corrected chi connectivity index (χ1v) is 9.57. The largest absolute Gasteiger partial charge is 0.381 e. The first kappa shape index (κ1) is 15.9. The number of likely N-dealkylation sites (tertiary alicyclic amines) is 1. The average molecular weight is 322 g/mol. The zero-order valence-electron chi connectivity index (χ0n) is 14.0. The number of carbonyl (C=O) groups excluding carboxylic acids is 1. The van der Waals surface area contributed by atoms with E-state index in [0.29, 0.717) is 18.0 Å². The van der Waals surface area contributed by atoms with E-state index in [4.69, 9.17) is 9.47 Å². The number of fused-ring (bicyclic) bond motifs is 1. The Hall–Kier alpha value is -0.650. The highest BCUT2D eigenvalue weighted by atomic mass is 16.5. The Labute approximate surface area is 139 Å². The molecule has 0 radical (unpaired) electrons. The standard InChI is InChI=1S/C18H30N2O3/c21-18(19-14-3-1-2-4-14)16-11-13-5-8-20(12-17(13)23-16)15-6-9-22-10-7-15/h13-17H,1-12H2,(H,19,21)/t13-,16-,17-/m0/s1. The predicted octanol–water partition coefficient (Wildman–Crippen LogP) is 1.70. The van der Waals surface area contributed by atoms with E-state index in [1.807, 2.05) is 0 Å². The summed E-state index contributed by atoms with van der Waals surface area (Å²) in [5, 5.41) is 3.21. The molecule has 3 atom stereocenters. The number of ether oxygens (including phenoxy) is 2. The van der Waals surface area contributed by atoms with Gasteiger partial charge in [0.2, 0.25) is 5.91 Å². The van der Waals surface area contributed by atoms with Crippen LogP contribution in [-0.4, -0.2) is 61.4 Å². The van der Waals surface area contributed by atoms with Gasteiger partial charge in [-0.3, -0.25) is 9.69 Å². The Morgan fingerprint density at radius 2 is 1.83 bits per heavy atom. The van der Waals surface area contributed by atoms with E-state index in [1.165, 1.54) is 19.3 Å². The molecule has 4 aliphatic rings. The van der Waals surface area contributed by atoms with E-state index < -0.39 is 0 Å². The zero-order chi connectivity index (χ0) is 15.6. The molecule has 0 bridgehead atoms. The summed E-state index contributed by atoms with van der Waals surface area (Å²) in [5.41, 5.74) is 0. The molecule has 5 nitrogen and oxygen atoms in total. The Morgan fingerprint density at radius 3 is 2.61 bits per heavy atom. The number of hydrogen-bond donors (Lipinski definition) is 1. The van der Waals surface area contributed by atoms with E-state index in [-0.39, 0.29) is 18.1 Å². The molecule has 1 aliphatic carbocycles. The summed E-state index contributed by atoms with van der Waals surface area (Å²) in [7, 11) is 0. The van der Waals surface area contributed by atoms with Gasteiger partial charge in [-0.2, -0.15) is 0 Å². The third-order valence-electron chi connectivity index (χ3n) is 6.28. The summed E-state index contributed by atoms with van der Waals surface area (Å²) >= 11 is 0. The van der Waals surface area contributed by atoms with E-state index in [2.05, 4.69) is 10.2 Å². The van der Waals surface area contributed by atoms with Crippen LogP contribution in [0.1, 0.15) is 51.4 Å². The second-order valence-corrected chi connectivity index (χ2v) is 7.78. The van der Waals surface area contributed by atoms with E-state index >= 15 is 0 Å². The number of piperidine rings is 1. The fourth-order valence-electron chi connectivity index (χ4n) is 4.87. The number of carbonyl (C=O) groups is 1. The lowest BCUT2D eigenvalue weighted by Gasteiger charge is -2.40. The highest BCUT2D eigenvalue weighted by Gasteiger charge is 2.43. The molecule has 0 aromatic carbocycles. The molecule has 5 heteroatoms. The van der Waals surface area contributed by atoms with Crippen molar-refractivity contribution in [2.75, 3.05) is 26.3 Å². The van der Waals surface area contributed by atoms with Crippen LogP contribution in [0.5, 0.6) is 0 Å². The number of nitrogens with one attached hydrogen (secondary N) is 1. The molecule has 130 valence electrons. The predicted molar refractivity (Wildman–Crippen MR) is 87.2 cm³/mol. The number of amides is 1. The molecule has 1 N–H and O–H groups in total. The molecular formula is C18H30N2O3. The van der Waals surface area contributed by atoms with Crippen LogP contribution in [0, 0.1) is 5.92 Å². The minimum absolute atomic E-state index is 0.143. The Balaban J connectivity index is 1.29. The molecular weight excluding hydrogens is 292 g/mol. The van der Waals surface area contributed by atoms with Crippen molar-refractivity contribution in [3.8, 4) is 0 Å². The van der Waals surface area contributed by atoms with Gasteiger partial charge in [0.05, 0.1) is 6.10 Å². The van der Waals surface area contributed by atoms with Crippen LogP contribution in [0.2, 0.25) is 0 Å². The third kappa shape index (κ3) is 3.57. The van der Waals surface area contributed by atoms with Crippen molar-refractivity contribution in [3.05, 3.63) is 0 Å². The molecule has 3 heterocycles. The monoisotopic (exact) mass is 322 g/mol. The second kappa shape index (κ2) is 7.08. The van der Waals surface area contributed by atoms with Gasteiger partial charge < -0.3 is 14.8 Å². The van der Waals surface area contributed by atoms with Crippen LogP contribution >= 0.6 is 0 Å². The first-order valence-electron chi connectivity index (χ1n) is 9.57. The van der Waals surface area contributed by atoms with Gasteiger partial charge in [0, 0.05) is 31.8 Å². The number of rotatable bonds is 3. The highest BCUT2D eigenvalue weighted by molar-refractivity contribution is 5.81. The fraction of sp³-hybridized carbons (Fsp3) is 0.944. The molecule has 1 saturated carbocycles. The van der Waals surface area contributed by atoms with Gasteiger partial charge in [-0.05, 0) is 51.0 Å².